The molecule has 2 rings (SSSR count). The second kappa shape index (κ2) is 8.71. The van der Waals surface area contributed by atoms with E-state index in [0.29, 0.717) is 10.8 Å². The number of hydrogen-bond donors (Lipinski definition) is 0. The van der Waals surface area contributed by atoms with Gasteiger partial charge in [-0.25, -0.2) is 8.42 Å². The van der Waals surface area contributed by atoms with Crippen molar-refractivity contribution >= 4 is 27.5 Å². The van der Waals surface area contributed by atoms with Crippen molar-refractivity contribution in [2.75, 3.05) is 28.3 Å². The fourth-order valence-corrected chi connectivity index (χ4v) is 3.67. The summed E-state index contributed by atoms with van der Waals surface area (Å²) in [6.45, 7) is 0.248. The zero-order valence-electron chi connectivity index (χ0n) is 15.5. The Labute approximate surface area is 164 Å². The van der Waals surface area contributed by atoms with E-state index in [0.717, 1.165) is 10.0 Å². The highest BCUT2D eigenvalue weighted by molar-refractivity contribution is 7.89. The lowest BCUT2D eigenvalue weighted by molar-refractivity contribution is -0.0258. The third-order valence-electron chi connectivity index (χ3n) is 3.97. The third-order valence-corrected chi connectivity index (χ3v) is 5.88. The van der Waals surface area contributed by atoms with Crippen LogP contribution < -0.4 is 4.74 Å². The molecule has 0 fully saturated rings. The van der Waals surface area contributed by atoms with Gasteiger partial charge in [0, 0.05) is 36.8 Å². The van der Waals surface area contributed by atoms with Crippen LogP contribution in [0, 0.1) is 0 Å². The Morgan fingerprint density at radius 2 is 1.81 bits per heavy atom. The van der Waals surface area contributed by atoms with Gasteiger partial charge in [0.05, 0.1) is 19.1 Å². The van der Waals surface area contributed by atoms with Gasteiger partial charge < -0.3 is 9.64 Å². The number of methoxy groups -OCH3 is 1. The van der Waals surface area contributed by atoms with Crippen LogP contribution in [0.1, 0.15) is 15.9 Å². The summed E-state index contributed by atoms with van der Waals surface area (Å²) in [6, 6.07) is 10.9. The summed E-state index contributed by atoms with van der Waals surface area (Å²) < 4.78 is 30.8. The molecule has 0 unspecified atom stereocenters. The van der Waals surface area contributed by atoms with E-state index in [2.05, 4.69) is 0 Å². The fourth-order valence-electron chi connectivity index (χ4n) is 2.45. The van der Waals surface area contributed by atoms with Gasteiger partial charge in [0.2, 0.25) is 0 Å². The molecule has 146 valence electrons. The number of sulfonamides is 1. The van der Waals surface area contributed by atoms with Crippen molar-refractivity contribution in [2.45, 2.75) is 11.4 Å². The maximum atomic E-state index is 12.8. The molecular weight excluding hydrogens is 392 g/mol. The maximum Gasteiger partial charge on any atom is 0.264 e. The number of benzene rings is 2. The number of rotatable bonds is 7. The number of carbonyl (C=O) groups is 1. The maximum absolute atomic E-state index is 12.8. The number of halogens is 1. The van der Waals surface area contributed by atoms with Crippen molar-refractivity contribution in [3.05, 3.63) is 58.6 Å². The highest BCUT2D eigenvalue weighted by Gasteiger charge is 2.23. The molecule has 0 spiro atoms. The van der Waals surface area contributed by atoms with E-state index >= 15 is 0 Å². The van der Waals surface area contributed by atoms with Gasteiger partial charge in [-0.1, -0.05) is 22.1 Å². The molecule has 2 aromatic carbocycles. The largest absolute Gasteiger partial charge is 0.496 e. The molecule has 9 heteroatoms. The number of hydroxylamine groups is 1. The van der Waals surface area contributed by atoms with Crippen LogP contribution in [0.3, 0.4) is 0 Å². The van der Waals surface area contributed by atoms with Gasteiger partial charge in [-0.05, 0) is 36.4 Å². The first-order chi connectivity index (χ1) is 12.7. The van der Waals surface area contributed by atoms with Crippen LogP contribution in [0.5, 0.6) is 5.75 Å². The smallest absolute Gasteiger partial charge is 0.264 e. The van der Waals surface area contributed by atoms with Crippen molar-refractivity contribution in [1.29, 1.82) is 0 Å². The zero-order valence-corrected chi connectivity index (χ0v) is 17.0. The molecule has 0 saturated heterocycles. The summed E-state index contributed by atoms with van der Waals surface area (Å²) in [5.41, 5.74) is 0.979. The van der Waals surface area contributed by atoms with Crippen molar-refractivity contribution in [2.24, 2.45) is 0 Å². The van der Waals surface area contributed by atoms with Crippen LogP contribution >= 0.6 is 11.6 Å². The van der Waals surface area contributed by atoms with Gasteiger partial charge in [0.1, 0.15) is 5.75 Å². The highest BCUT2D eigenvalue weighted by Crippen LogP contribution is 2.24. The van der Waals surface area contributed by atoms with Gasteiger partial charge in [-0.2, -0.15) is 0 Å². The van der Waals surface area contributed by atoms with Gasteiger partial charge in [0.15, 0.2) is 0 Å². The van der Waals surface area contributed by atoms with Crippen LogP contribution in [0.25, 0.3) is 0 Å². The van der Waals surface area contributed by atoms with Gasteiger partial charge in [0.25, 0.3) is 15.9 Å². The van der Waals surface area contributed by atoms with Gasteiger partial charge >= 0.3 is 0 Å². The number of carbonyl (C=O) groups excluding carboxylic acids is 1. The summed E-state index contributed by atoms with van der Waals surface area (Å²) in [7, 11) is 1.84. The first kappa shape index (κ1) is 21.2. The van der Waals surface area contributed by atoms with Crippen LogP contribution in [0.2, 0.25) is 5.02 Å². The van der Waals surface area contributed by atoms with Crippen LogP contribution in [-0.2, 0) is 21.4 Å². The minimum absolute atomic E-state index is 0.0357. The van der Waals surface area contributed by atoms with E-state index in [4.69, 9.17) is 21.2 Å². The summed E-state index contributed by atoms with van der Waals surface area (Å²) in [4.78, 5) is 18.9. The second-order valence-corrected chi connectivity index (χ2v) is 8.11. The standard InChI is InChI=1S/C18H21ClN2O5S/c1-20(12-14-10-15(19)8-9-17(14)25-3)18(22)13-6-5-7-16(11-13)27(23,24)21(2)26-4/h5-11H,12H2,1-4H3. The Hall–Kier alpha value is -2.13. The van der Waals surface area contributed by atoms with Crippen molar-refractivity contribution in [3.8, 4) is 5.75 Å². The van der Waals surface area contributed by atoms with Crippen LogP contribution in [0.15, 0.2) is 47.4 Å². The fraction of sp³-hybridized carbons (Fsp3) is 0.278. The highest BCUT2D eigenvalue weighted by atomic mass is 35.5. The predicted octanol–water partition coefficient (Wildman–Crippen LogP) is 2.80. The molecular formula is C18H21ClN2O5S. The van der Waals surface area contributed by atoms with E-state index in [-0.39, 0.29) is 22.9 Å². The normalized spacial score (nSPS) is 11.5. The van der Waals surface area contributed by atoms with E-state index in [1.165, 1.54) is 44.4 Å². The molecule has 0 radical (unpaired) electrons. The summed E-state index contributed by atoms with van der Waals surface area (Å²) >= 11 is 6.03. The molecule has 0 N–H and O–H groups in total. The second-order valence-electron chi connectivity index (χ2n) is 5.74. The molecule has 0 aromatic heterocycles. The molecule has 0 aliphatic heterocycles. The SMILES string of the molecule is COc1ccc(Cl)cc1CN(C)C(=O)c1cccc(S(=O)(=O)N(C)OC)c1. The lowest BCUT2D eigenvalue weighted by Gasteiger charge is -2.20. The molecule has 0 saturated carbocycles. The average molecular weight is 413 g/mol. The quantitative estimate of drug-likeness (QED) is 0.653. The monoisotopic (exact) mass is 412 g/mol. The molecule has 0 heterocycles. The number of hydrogen-bond acceptors (Lipinski definition) is 5. The first-order valence-corrected chi connectivity index (χ1v) is 9.73. The Morgan fingerprint density at radius 3 is 2.44 bits per heavy atom. The lowest BCUT2D eigenvalue weighted by atomic mass is 10.1. The van der Waals surface area contributed by atoms with Crippen molar-refractivity contribution in [1.82, 2.24) is 9.37 Å². The molecule has 0 aliphatic carbocycles. The van der Waals surface area contributed by atoms with E-state index in [1.54, 1.807) is 31.3 Å². The molecule has 1 amide bonds. The van der Waals surface area contributed by atoms with E-state index < -0.39 is 10.0 Å². The van der Waals surface area contributed by atoms with Gasteiger partial charge in [-0.3, -0.25) is 9.63 Å². The molecule has 0 atom stereocenters. The first-order valence-electron chi connectivity index (χ1n) is 7.91. The Morgan fingerprint density at radius 1 is 1.11 bits per heavy atom. The van der Waals surface area contributed by atoms with Crippen LogP contribution in [0.4, 0.5) is 0 Å². The molecule has 7 nitrogen and oxygen atoms in total. The van der Waals surface area contributed by atoms with Crippen molar-refractivity contribution < 1.29 is 22.8 Å². The lowest BCUT2D eigenvalue weighted by Crippen LogP contribution is -2.28. The molecule has 2 aromatic rings. The zero-order chi connectivity index (χ0) is 20.2. The number of amides is 1. The van der Waals surface area contributed by atoms with E-state index in [1.807, 2.05) is 0 Å². The third kappa shape index (κ3) is 4.78. The summed E-state index contributed by atoms with van der Waals surface area (Å²) in [5, 5.41) is 0.530. The predicted molar refractivity (Wildman–Crippen MR) is 102 cm³/mol. The number of ether oxygens (including phenoxy) is 1. The summed E-state index contributed by atoms with van der Waals surface area (Å²) in [6.07, 6.45) is 0. The Kier molecular flexibility index (Phi) is 6.83. The minimum atomic E-state index is -3.84. The van der Waals surface area contributed by atoms with E-state index in [9.17, 15) is 13.2 Å². The van der Waals surface area contributed by atoms with Crippen molar-refractivity contribution in [3.63, 3.8) is 0 Å². The topological polar surface area (TPSA) is 76.2 Å². The molecule has 27 heavy (non-hydrogen) atoms. The minimum Gasteiger partial charge on any atom is -0.496 e. The number of nitrogens with zero attached hydrogens (tertiary/aromatic N) is 2. The average Bonchev–Trinajstić information content (AvgIpc) is 2.66. The Balaban J connectivity index is 2.28. The summed E-state index contributed by atoms with van der Waals surface area (Å²) in [5.74, 6) is 0.270. The Bertz CT molecular complexity index is 933. The molecule has 0 bridgehead atoms. The van der Waals surface area contributed by atoms with Crippen LogP contribution in [-0.4, -0.2) is 52.0 Å². The van der Waals surface area contributed by atoms with Gasteiger partial charge in [-0.15, -0.1) is 0 Å². The molecule has 0 aliphatic rings.